The molecule has 4 rings (SSSR count). The van der Waals surface area contributed by atoms with Crippen LogP contribution in [0.15, 0.2) is 35.2 Å². The van der Waals surface area contributed by atoms with Crippen LogP contribution >= 0.6 is 0 Å². The molecule has 11 nitrogen and oxygen atoms in total. The van der Waals surface area contributed by atoms with Gasteiger partial charge in [-0.05, 0) is 37.3 Å². The fraction of sp³-hybridized carbons (Fsp3) is 0.381. The Kier molecular flexibility index (Phi) is 6.45. The number of carbonyl (C=O) groups is 2. The highest BCUT2D eigenvalue weighted by atomic mass is 16.5. The predicted octanol–water partition coefficient (Wildman–Crippen LogP) is 2.05. The maximum absolute atomic E-state index is 12.5. The molecule has 2 amide bonds. The van der Waals surface area contributed by atoms with Gasteiger partial charge in [-0.3, -0.25) is 14.3 Å². The van der Waals surface area contributed by atoms with Crippen LogP contribution in [-0.4, -0.2) is 51.3 Å². The highest BCUT2D eigenvalue weighted by Crippen LogP contribution is 2.23. The van der Waals surface area contributed by atoms with Crippen molar-refractivity contribution in [2.24, 2.45) is 18.7 Å². The van der Waals surface area contributed by atoms with Crippen LogP contribution in [-0.2, 0) is 11.8 Å². The first-order valence-corrected chi connectivity index (χ1v) is 10.4. The van der Waals surface area contributed by atoms with E-state index in [1.165, 1.54) is 17.1 Å². The highest BCUT2D eigenvalue weighted by molar-refractivity contribution is 6.07. The van der Waals surface area contributed by atoms with Gasteiger partial charge in [0, 0.05) is 44.8 Å². The second-order valence-corrected chi connectivity index (χ2v) is 7.62. The molecule has 1 aliphatic rings. The highest BCUT2D eigenvalue weighted by Gasteiger charge is 2.19. The van der Waals surface area contributed by atoms with E-state index in [0.717, 1.165) is 39.0 Å². The minimum absolute atomic E-state index is 0.0322. The Bertz CT molecular complexity index is 1100. The molecule has 3 aromatic heterocycles. The third-order valence-electron chi connectivity index (χ3n) is 5.25. The van der Waals surface area contributed by atoms with Gasteiger partial charge in [0.2, 0.25) is 5.89 Å². The molecule has 1 fully saturated rings. The van der Waals surface area contributed by atoms with Crippen molar-refractivity contribution in [3.05, 3.63) is 42.2 Å². The van der Waals surface area contributed by atoms with Crippen LogP contribution in [0.25, 0.3) is 11.5 Å². The Morgan fingerprint density at radius 1 is 1.31 bits per heavy atom. The molecular weight excluding hydrogens is 414 g/mol. The number of pyridine rings is 1. The molecule has 1 aliphatic heterocycles. The maximum atomic E-state index is 12.5. The lowest BCUT2D eigenvalue weighted by atomic mass is 9.97. The Hall–Kier alpha value is -3.73. The van der Waals surface area contributed by atoms with E-state index in [1.54, 1.807) is 19.3 Å². The molecule has 0 aromatic carbocycles. The first-order valence-electron chi connectivity index (χ1n) is 10.4. The third-order valence-corrected chi connectivity index (χ3v) is 5.25. The zero-order chi connectivity index (χ0) is 22.5. The number of hydrogen-bond donors (Lipinski definition) is 3. The Morgan fingerprint density at radius 2 is 2.12 bits per heavy atom. The molecule has 4 heterocycles. The van der Waals surface area contributed by atoms with E-state index in [4.69, 9.17) is 14.9 Å². The van der Waals surface area contributed by atoms with Gasteiger partial charge in [0.1, 0.15) is 12.1 Å². The number of rotatable bonds is 8. The maximum Gasteiger partial charge on any atom is 0.277 e. The number of ether oxygens (including phenoxy) is 1. The van der Waals surface area contributed by atoms with Gasteiger partial charge in [0.05, 0.1) is 5.69 Å². The van der Waals surface area contributed by atoms with Crippen LogP contribution in [0.5, 0.6) is 0 Å². The van der Waals surface area contributed by atoms with Gasteiger partial charge in [-0.1, -0.05) is 0 Å². The molecule has 0 bridgehead atoms. The van der Waals surface area contributed by atoms with Gasteiger partial charge >= 0.3 is 0 Å². The number of primary amides is 1. The Morgan fingerprint density at radius 3 is 2.91 bits per heavy atom. The van der Waals surface area contributed by atoms with Crippen molar-refractivity contribution in [2.45, 2.75) is 19.3 Å². The van der Waals surface area contributed by atoms with Crippen molar-refractivity contribution in [1.29, 1.82) is 0 Å². The van der Waals surface area contributed by atoms with Gasteiger partial charge in [-0.15, -0.1) is 0 Å². The van der Waals surface area contributed by atoms with Gasteiger partial charge < -0.3 is 25.5 Å². The molecule has 0 unspecified atom stereocenters. The Balaban J connectivity index is 1.39. The molecule has 11 heteroatoms. The Labute approximate surface area is 184 Å². The van der Waals surface area contributed by atoms with Crippen molar-refractivity contribution in [2.75, 3.05) is 30.4 Å². The number of aromatic nitrogens is 4. The first-order chi connectivity index (χ1) is 15.5. The minimum atomic E-state index is -0.740. The molecule has 32 heavy (non-hydrogen) atoms. The number of amides is 2. The van der Waals surface area contributed by atoms with Crippen molar-refractivity contribution < 1.29 is 18.7 Å². The lowest BCUT2D eigenvalue weighted by Gasteiger charge is -2.21. The molecule has 0 spiro atoms. The van der Waals surface area contributed by atoms with Gasteiger partial charge in [-0.25, -0.2) is 9.97 Å². The van der Waals surface area contributed by atoms with Crippen LogP contribution in [0.1, 0.15) is 40.2 Å². The van der Waals surface area contributed by atoms with Gasteiger partial charge in [-0.2, -0.15) is 5.10 Å². The van der Waals surface area contributed by atoms with Crippen molar-refractivity contribution in [1.82, 2.24) is 19.7 Å². The quantitative estimate of drug-likeness (QED) is 0.482. The molecule has 168 valence electrons. The van der Waals surface area contributed by atoms with E-state index in [-0.39, 0.29) is 23.0 Å². The SMILES string of the molecule is Cn1cc(NC(=O)c2coc(-c3ccnc(NCCC4CCOCC4)c3)n2)c(C(N)=O)n1. The van der Waals surface area contributed by atoms with Crippen LogP contribution < -0.4 is 16.4 Å². The molecule has 0 saturated carbocycles. The van der Waals surface area contributed by atoms with Crippen LogP contribution in [0, 0.1) is 5.92 Å². The van der Waals surface area contributed by atoms with Crippen LogP contribution in [0.2, 0.25) is 0 Å². The summed E-state index contributed by atoms with van der Waals surface area (Å²) in [6.07, 6.45) is 7.64. The van der Waals surface area contributed by atoms with Gasteiger partial charge in [0.25, 0.3) is 11.8 Å². The monoisotopic (exact) mass is 439 g/mol. The lowest BCUT2D eigenvalue weighted by Crippen LogP contribution is -2.18. The van der Waals surface area contributed by atoms with E-state index in [1.807, 2.05) is 6.07 Å². The number of nitrogens with zero attached hydrogens (tertiary/aromatic N) is 4. The summed E-state index contributed by atoms with van der Waals surface area (Å²) in [7, 11) is 1.62. The van der Waals surface area contributed by atoms with E-state index >= 15 is 0 Å². The molecule has 0 aliphatic carbocycles. The summed E-state index contributed by atoms with van der Waals surface area (Å²) < 4.78 is 12.3. The number of oxazole rings is 1. The second-order valence-electron chi connectivity index (χ2n) is 7.62. The second kappa shape index (κ2) is 9.60. The van der Waals surface area contributed by atoms with E-state index in [9.17, 15) is 9.59 Å². The topological polar surface area (TPSA) is 150 Å². The van der Waals surface area contributed by atoms with E-state index in [0.29, 0.717) is 17.3 Å². The van der Waals surface area contributed by atoms with E-state index in [2.05, 4.69) is 25.7 Å². The third kappa shape index (κ3) is 5.11. The molecule has 4 N–H and O–H groups in total. The fourth-order valence-electron chi connectivity index (χ4n) is 3.56. The van der Waals surface area contributed by atoms with Crippen LogP contribution in [0.4, 0.5) is 11.5 Å². The standard InChI is InChI=1S/C21H25N7O4/c1-28-11-15(18(27-28)19(22)29)25-20(30)16-12-32-21(26-16)14-3-7-24-17(10-14)23-6-2-13-4-8-31-9-5-13/h3,7,10-13H,2,4-6,8-9H2,1H3,(H2,22,29)(H,23,24)(H,25,30). The summed E-state index contributed by atoms with van der Waals surface area (Å²) in [6.45, 7) is 2.49. The van der Waals surface area contributed by atoms with Gasteiger partial charge in [0.15, 0.2) is 11.4 Å². The van der Waals surface area contributed by atoms with Crippen LogP contribution in [0.3, 0.4) is 0 Å². The average Bonchev–Trinajstić information content (AvgIpc) is 3.42. The van der Waals surface area contributed by atoms with Crippen molar-refractivity contribution >= 4 is 23.3 Å². The summed E-state index contributed by atoms with van der Waals surface area (Å²) in [5, 5.41) is 9.85. The largest absolute Gasteiger partial charge is 0.444 e. The molecule has 0 atom stereocenters. The molecule has 3 aromatic rings. The number of nitrogens with two attached hydrogens (primary N) is 1. The summed E-state index contributed by atoms with van der Waals surface area (Å²) in [4.78, 5) is 32.6. The van der Waals surface area contributed by atoms with Crippen molar-refractivity contribution in [3.8, 4) is 11.5 Å². The summed E-state index contributed by atoms with van der Waals surface area (Å²) in [6, 6.07) is 3.58. The molecule has 1 saturated heterocycles. The molecule has 0 radical (unpaired) electrons. The minimum Gasteiger partial charge on any atom is -0.444 e. The summed E-state index contributed by atoms with van der Waals surface area (Å²) >= 11 is 0. The first kappa shape index (κ1) is 21.5. The normalized spacial score (nSPS) is 14.3. The smallest absolute Gasteiger partial charge is 0.277 e. The number of aryl methyl sites for hydroxylation is 1. The zero-order valence-electron chi connectivity index (χ0n) is 17.7. The predicted molar refractivity (Wildman–Crippen MR) is 116 cm³/mol. The summed E-state index contributed by atoms with van der Waals surface area (Å²) in [5.74, 6) is 0.378. The molecular formula is C21H25N7O4. The number of carbonyl (C=O) groups excluding carboxylic acids is 2. The number of hydrogen-bond acceptors (Lipinski definition) is 8. The lowest BCUT2D eigenvalue weighted by molar-refractivity contribution is 0.0649. The number of nitrogens with one attached hydrogen (secondary N) is 2. The zero-order valence-corrected chi connectivity index (χ0v) is 17.7. The average molecular weight is 439 g/mol. The van der Waals surface area contributed by atoms with E-state index < -0.39 is 11.8 Å². The van der Waals surface area contributed by atoms with Crippen molar-refractivity contribution in [3.63, 3.8) is 0 Å². The summed E-state index contributed by atoms with van der Waals surface area (Å²) in [5.41, 5.74) is 6.21. The number of anilines is 2. The fourth-order valence-corrected chi connectivity index (χ4v) is 3.56.